The average Bonchev–Trinajstić information content (AvgIpc) is 3.32. The Morgan fingerprint density at radius 1 is 1.24 bits per heavy atom. The van der Waals surface area contributed by atoms with Crippen LogP contribution in [0.25, 0.3) is 5.69 Å². The summed E-state index contributed by atoms with van der Waals surface area (Å²) in [6, 6.07) is 7.81. The van der Waals surface area contributed by atoms with Crippen molar-refractivity contribution in [3.05, 3.63) is 70.9 Å². The van der Waals surface area contributed by atoms with Gasteiger partial charge in [0.05, 0.1) is 19.0 Å². The highest BCUT2D eigenvalue weighted by molar-refractivity contribution is 6.31. The van der Waals surface area contributed by atoms with Crippen LogP contribution < -0.4 is 9.64 Å². The van der Waals surface area contributed by atoms with Crippen molar-refractivity contribution < 1.29 is 22.6 Å². The summed E-state index contributed by atoms with van der Waals surface area (Å²) in [7, 11) is 1.50. The molecule has 1 fully saturated rings. The number of halogens is 4. The molecule has 3 aromatic rings. The summed E-state index contributed by atoms with van der Waals surface area (Å²) in [5.41, 5.74) is 1.00. The van der Waals surface area contributed by atoms with Crippen LogP contribution in [0.1, 0.15) is 11.4 Å². The molecule has 0 amide bonds. The van der Waals surface area contributed by atoms with Crippen molar-refractivity contribution in [3.8, 4) is 11.6 Å². The van der Waals surface area contributed by atoms with E-state index in [1.165, 1.54) is 19.2 Å². The molecule has 33 heavy (non-hydrogen) atoms. The predicted octanol–water partition coefficient (Wildman–Crippen LogP) is 4.15. The molecule has 0 N–H and O–H groups in total. The zero-order valence-corrected chi connectivity index (χ0v) is 18.2. The van der Waals surface area contributed by atoms with Crippen molar-refractivity contribution >= 4 is 17.5 Å². The lowest BCUT2D eigenvalue weighted by Gasteiger charge is -2.38. The quantitative estimate of drug-likeness (QED) is 0.476. The molecule has 2 atom stereocenters. The van der Waals surface area contributed by atoms with Gasteiger partial charge in [0.2, 0.25) is 11.8 Å². The van der Waals surface area contributed by atoms with E-state index < -0.39 is 24.5 Å². The fourth-order valence-electron chi connectivity index (χ4n) is 4.50. The van der Waals surface area contributed by atoms with Crippen LogP contribution in [0, 0.1) is 11.7 Å². The first-order valence-corrected chi connectivity index (χ1v) is 10.5. The zero-order chi connectivity index (χ0) is 23.2. The maximum atomic E-state index is 13.6. The van der Waals surface area contributed by atoms with Crippen molar-refractivity contribution in [1.82, 2.24) is 19.7 Å². The molecule has 172 valence electrons. The first-order chi connectivity index (χ1) is 15.9. The number of hydrogen-bond acceptors (Lipinski definition) is 6. The van der Waals surface area contributed by atoms with E-state index in [4.69, 9.17) is 16.3 Å². The Morgan fingerprint density at radius 3 is 2.73 bits per heavy atom. The van der Waals surface area contributed by atoms with E-state index in [9.17, 15) is 13.2 Å². The van der Waals surface area contributed by atoms with Gasteiger partial charge < -0.3 is 14.4 Å². The van der Waals surface area contributed by atoms with Crippen LogP contribution in [0.15, 0.2) is 48.7 Å². The van der Waals surface area contributed by atoms with Crippen molar-refractivity contribution in [1.29, 1.82) is 0 Å². The van der Waals surface area contributed by atoms with Crippen molar-refractivity contribution in [2.45, 2.75) is 18.6 Å². The first-order valence-electron chi connectivity index (χ1n) is 10.2. The summed E-state index contributed by atoms with van der Waals surface area (Å²) in [6.07, 6.45) is 5.69. The molecule has 7 nitrogen and oxygen atoms in total. The summed E-state index contributed by atoms with van der Waals surface area (Å²) in [5.74, 6) is 0.805. The Balaban J connectivity index is 1.51. The van der Waals surface area contributed by atoms with Gasteiger partial charge in [0.15, 0.2) is 5.82 Å². The second-order valence-corrected chi connectivity index (χ2v) is 8.30. The Morgan fingerprint density at radius 2 is 2.09 bits per heavy atom. The minimum absolute atomic E-state index is 0.125. The molecule has 1 aliphatic carbocycles. The number of pyridine rings is 1. The number of methoxy groups -OCH3 is 1. The van der Waals surface area contributed by atoms with Crippen molar-refractivity contribution in [3.63, 3.8) is 0 Å². The number of nitrogens with zero attached hydrogens (tertiary/aromatic N) is 5. The molecule has 0 saturated carbocycles. The van der Waals surface area contributed by atoms with Crippen LogP contribution in [0.5, 0.6) is 5.88 Å². The molecule has 0 radical (unpaired) electrons. The van der Waals surface area contributed by atoms with E-state index in [-0.39, 0.29) is 11.7 Å². The fraction of sp³-hybridized carbons (Fsp3) is 0.318. The molecule has 2 aliphatic rings. The first kappa shape index (κ1) is 21.7. The lowest BCUT2D eigenvalue weighted by Crippen LogP contribution is -2.38. The third-order valence-corrected chi connectivity index (χ3v) is 6.42. The van der Waals surface area contributed by atoms with Crippen LogP contribution in [-0.2, 0) is 16.8 Å². The van der Waals surface area contributed by atoms with Crippen LogP contribution in [-0.4, -0.2) is 46.6 Å². The standard InChI is InChI=1S/C22H19ClF3N5O2/c1-32-19-5-3-15(9-27-19)31-18(11-33-20(25)26)28-29-21(31)30-10-13-6-7-22(13,12-30)16-4-2-14(24)8-17(16)23/h2-9,13,20H,10-12H2,1H3/t13-,22-/m0/s1. The van der Waals surface area contributed by atoms with E-state index >= 15 is 0 Å². The van der Waals surface area contributed by atoms with Gasteiger partial charge >= 0.3 is 6.61 Å². The minimum atomic E-state index is -2.94. The van der Waals surface area contributed by atoms with E-state index in [1.807, 2.05) is 4.90 Å². The molecule has 0 unspecified atom stereocenters. The predicted molar refractivity (Wildman–Crippen MR) is 114 cm³/mol. The van der Waals surface area contributed by atoms with Gasteiger partial charge in [0.25, 0.3) is 0 Å². The Bertz CT molecular complexity index is 1200. The summed E-state index contributed by atoms with van der Waals surface area (Å²) >= 11 is 6.39. The van der Waals surface area contributed by atoms with Gasteiger partial charge in [-0.25, -0.2) is 9.37 Å². The highest BCUT2D eigenvalue weighted by atomic mass is 35.5. The molecule has 5 rings (SSSR count). The van der Waals surface area contributed by atoms with Gasteiger partial charge in [-0.1, -0.05) is 29.8 Å². The Labute approximate surface area is 192 Å². The summed E-state index contributed by atoms with van der Waals surface area (Å²) in [4.78, 5) is 6.22. The second kappa shape index (κ2) is 8.35. The maximum absolute atomic E-state index is 13.6. The van der Waals surface area contributed by atoms with E-state index in [0.29, 0.717) is 35.6 Å². The smallest absolute Gasteiger partial charge is 0.345 e. The third-order valence-electron chi connectivity index (χ3n) is 6.11. The largest absolute Gasteiger partial charge is 0.481 e. The number of ether oxygens (including phenoxy) is 2. The van der Waals surface area contributed by atoms with Crippen LogP contribution in [0.4, 0.5) is 19.1 Å². The molecule has 11 heteroatoms. The molecular weight excluding hydrogens is 459 g/mol. The molecule has 2 aromatic heterocycles. The summed E-state index contributed by atoms with van der Waals surface area (Å²) in [6.45, 7) is -2.26. The minimum Gasteiger partial charge on any atom is -0.481 e. The van der Waals surface area contributed by atoms with Crippen LogP contribution in [0.3, 0.4) is 0 Å². The van der Waals surface area contributed by atoms with Crippen LogP contribution >= 0.6 is 11.6 Å². The number of hydrogen-bond donors (Lipinski definition) is 0. The van der Waals surface area contributed by atoms with Gasteiger partial charge in [-0.3, -0.25) is 4.57 Å². The lowest BCUT2D eigenvalue weighted by molar-refractivity contribution is -0.139. The highest BCUT2D eigenvalue weighted by Crippen LogP contribution is 2.50. The molecule has 0 bridgehead atoms. The highest BCUT2D eigenvalue weighted by Gasteiger charge is 2.51. The van der Waals surface area contributed by atoms with Gasteiger partial charge in [0, 0.05) is 35.5 Å². The van der Waals surface area contributed by atoms with Gasteiger partial charge in [-0.15, -0.1) is 10.2 Å². The summed E-state index contributed by atoms with van der Waals surface area (Å²) < 4.78 is 50.3. The van der Waals surface area contributed by atoms with E-state index in [0.717, 1.165) is 5.56 Å². The molecule has 1 saturated heterocycles. The summed E-state index contributed by atoms with van der Waals surface area (Å²) in [5, 5.41) is 8.75. The van der Waals surface area contributed by atoms with Gasteiger partial charge in [-0.05, 0) is 23.8 Å². The number of fused-ring (bicyclic) bond motifs is 1. The number of alkyl halides is 2. The molecule has 1 aromatic carbocycles. The number of anilines is 1. The van der Waals surface area contributed by atoms with Crippen molar-refractivity contribution in [2.75, 3.05) is 25.1 Å². The van der Waals surface area contributed by atoms with E-state index in [1.54, 1.807) is 29.0 Å². The zero-order valence-electron chi connectivity index (χ0n) is 17.5. The van der Waals surface area contributed by atoms with Gasteiger partial charge in [0.1, 0.15) is 12.4 Å². The van der Waals surface area contributed by atoms with Crippen LogP contribution in [0.2, 0.25) is 5.02 Å². The third kappa shape index (κ3) is 3.72. The number of aromatic nitrogens is 4. The number of rotatable bonds is 7. The van der Waals surface area contributed by atoms with Crippen molar-refractivity contribution in [2.24, 2.45) is 5.92 Å². The molecule has 3 heterocycles. The second-order valence-electron chi connectivity index (χ2n) is 7.89. The SMILES string of the molecule is COc1ccc(-n2c(COC(F)F)nnc2N2C[C@@H]3C=C[C@]3(c3ccc(F)cc3Cl)C2)cn1. The normalized spacial score (nSPS) is 21.4. The topological polar surface area (TPSA) is 65.3 Å². The average molecular weight is 478 g/mol. The number of benzene rings is 1. The van der Waals surface area contributed by atoms with E-state index in [2.05, 4.69) is 32.1 Å². The fourth-order valence-corrected chi connectivity index (χ4v) is 4.85. The van der Waals surface area contributed by atoms with Gasteiger partial charge in [-0.2, -0.15) is 8.78 Å². The monoisotopic (exact) mass is 477 g/mol. The molecular formula is C22H19ClF3N5O2. The molecule has 0 spiro atoms. The Hall–Kier alpha value is -3.11. The lowest BCUT2D eigenvalue weighted by atomic mass is 9.65. The molecule has 1 aliphatic heterocycles. The Kier molecular flexibility index (Phi) is 5.49. The maximum Gasteiger partial charge on any atom is 0.345 e.